The van der Waals surface area contributed by atoms with Gasteiger partial charge in [-0.2, -0.15) is 0 Å². The van der Waals surface area contributed by atoms with Gasteiger partial charge in [0.15, 0.2) is 0 Å². The summed E-state index contributed by atoms with van der Waals surface area (Å²) in [7, 11) is -3.94. The van der Waals surface area contributed by atoms with Gasteiger partial charge in [-0.1, -0.05) is 47.2 Å². The number of rotatable bonds is 15. The molecule has 0 N–H and O–H groups in total. The summed E-state index contributed by atoms with van der Waals surface area (Å²) >= 11 is 0. The summed E-state index contributed by atoms with van der Waals surface area (Å²) in [5.41, 5.74) is 0. The average Bonchev–Trinajstić information content (AvgIpc) is 2.53. The zero-order chi connectivity index (χ0) is 20.3. The lowest BCUT2D eigenvalue weighted by Crippen LogP contribution is -2.55. The van der Waals surface area contributed by atoms with E-state index in [9.17, 15) is 0 Å². The van der Waals surface area contributed by atoms with Gasteiger partial charge in [0, 0.05) is 25.9 Å². The van der Waals surface area contributed by atoms with E-state index in [2.05, 4.69) is 45.4 Å². The Morgan fingerprint density at radius 2 is 1.19 bits per heavy atom. The highest BCUT2D eigenvalue weighted by Gasteiger charge is 2.41. The molecule has 0 unspecified atom stereocenters. The highest BCUT2D eigenvalue weighted by atomic mass is 28.4. The molecule has 0 spiro atoms. The molecule has 26 heavy (non-hydrogen) atoms. The molecule has 0 fully saturated rings. The van der Waals surface area contributed by atoms with Crippen LogP contribution in [0.4, 0.5) is 0 Å². The van der Waals surface area contributed by atoms with Crippen molar-refractivity contribution in [1.82, 2.24) is 4.57 Å². The molecule has 158 valence electrons. The molecule has 0 saturated carbocycles. The maximum absolute atomic E-state index is 5.99. The van der Waals surface area contributed by atoms with E-state index >= 15 is 0 Å². The van der Waals surface area contributed by atoms with Gasteiger partial charge in [-0.3, -0.25) is 0 Å². The van der Waals surface area contributed by atoms with E-state index in [-0.39, 0.29) is 0 Å². The number of unbranched alkanes of at least 4 members (excludes halogenated alkanes) is 2. The number of hydrogen-bond donors (Lipinski definition) is 0. The molecule has 0 aromatic carbocycles. The van der Waals surface area contributed by atoms with Crippen LogP contribution in [-0.4, -0.2) is 54.5 Å². The van der Waals surface area contributed by atoms with E-state index in [4.69, 9.17) is 13.3 Å². The number of nitrogens with zero attached hydrogens (tertiary/aromatic N) is 1. The first-order valence-corrected chi connectivity index (χ1v) is 15.6. The van der Waals surface area contributed by atoms with Crippen LogP contribution in [-0.2, 0) is 13.3 Å². The minimum absolute atomic E-state index is 0.390. The third kappa shape index (κ3) is 8.52. The smallest absolute Gasteiger partial charge is 0.374 e. The van der Waals surface area contributed by atoms with Crippen molar-refractivity contribution in [2.24, 2.45) is 0 Å². The van der Waals surface area contributed by atoms with Gasteiger partial charge in [0.2, 0.25) is 0 Å². The molecule has 0 bridgehead atoms. The third-order valence-electron chi connectivity index (χ3n) is 5.66. The third-order valence-corrected chi connectivity index (χ3v) is 14.5. The molecule has 0 radical (unpaired) electrons. The van der Waals surface area contributed by atoms with Gasteiger partial charge in [0.1, 0.15) is 8.24 Å². The Kier molecular flexibility index (Phi) is 12.8. The zero-order valence-corrected chi connectivity index (χ0v) is 21.2. The summed E-state index contributed by atoms with van der Waals surface area (Å²) in [6.45, 7) is 25.1. The van der Waals surface area contributed by atoms with E-state index in [0.717, 1.165) is 12.5 Å². The van der Waals surface area contributed by atoms with Crippen molar-refractivity contribution >= 4 is 17.0 Å². The van der Waals surface area contributed by atoms with Crippen LogP contribution in [0.25, 0.3) is 0 Å². The van der Waals surface area contributed by atoms with Crippen molar-refractivity contribution in [3.05, 3.63) is 0 Å². The van der Waals surface area contributed by atoms with E-state index in [0.29, 0.717) is 24.9 Å². The average molecular weight is 406 g/mol. The summed E-state index contributed by atoms with van der Waals surface area (Å²) in [4.78, 5) is 0. The second-order valence-electron chi connectivity index (χ2n) is 8.59. The molecule has 4 nitrogen and oxygen atoms in total. The molecule has 0 aliphatic rings. The first-order chi connectivity index (χ1) is 12.1. The van der Waals surface area contributed by atoms with Crippen LogP contribution in [0.5, 0.6) is 0 Å². The van der Waals surface area contributed by atoms with E-state index < -0.39 is 17.0 Å². The maximum atomic E-state index is 5.99. The minimum atomic E-state index is -2.48. The quantitative estimate of drug-likeness (QED) is 0.250. The van der Waals surface area contributed by atoms with Crippen molar-refractivity contribution < 1.29 is 13.3 Å². The van der Waals surface area contributed by atoms with Crippen molar-refractivity contribution in [3.63, 3.8) is 0 Å². The molecule has 0 saturated heterocycles. The van der Waals surface area contributed by atoms with Gasteiger partial charge in [-0.05, 0) is 58.2 Å². The van der Waals surface area contributed by atoms with Crippen molar-refractivity contribution in [2.75, 3.05) is 32.9 Å². The highest BCUT2D eigenvalue weighted by molar-refractivity contribution is 6.77. The molecule has 0 aromatic heterocycles. The maximum Gasteiger partial charge on any atom is 0.500 e. The van der Waals surface area contributed by atoms with Crippen LogP contribution >= 0.6 is 0 Å². The van der Waals surface area contributed by atoms with Gasteiger partial charge in [-0.15, -0.1) is 0 Å². The largest absolute Gasteiger partial charge is 0.500 e. The summed E-state index contributed by atoms with van der Waals surface area (Å²) in [5.74, 6) is 0. The predicted octanol–water partition coefficient (Wildman–Crippen LogP) is 5.92. The molecule has 0 aromatic rings. The molecule has 0 rings (SSSR count). The Morgan fingerprint density at radius 1 is 0.731 bits per heavy atom. The molecular weight excluding hydrogens is 358 g/mol. The highest BCUT2D eigenvalue weighted by Crippen LogP contribution is 2.38. The summed E-state index contributed by atoms with van der Waals surface area (Å²) < 4.78 is 20.8. The lowest BCUT2D eigenvalue weighted by atomic mass is 10.2. The second-order valence-corrected chi connectivity index (χ2v) is 16.6. The Labute approximate surface area is 166 Å². The van der Waals surface area contributed by atoms with Crippen LogP contribution in [0.3, 0.4) is 0 Å². The SMILES string of the molecule is CCCCN(CCCC[Si](OCC)(OCC)OCC)[Si](C)(C)C(C)(C)C. The minimum Gasteiger partial charge on any atom is -0.374 e. The first-order valence-electron chi connectivity index (χ1n) is 10.8. The van der Waals surface area contributed by atoms with Crippen molar-refractivity contribution in [3.8, 4) is 0 Å². The molecule has 0 aliphatic carbocycles. The summed E-state index contributed by atoms with van der Waals surface area (Å²) in [6.07, 6.45) is 4.86. The predicted molar refractivity (Wildman–Crippen MR) is 118 cm³/mol. The van der Waals surface area contributed by atoms with E-state index in [1.807, 2.05) is 20.8 Å². The Balaban J connectivity index is 4.82. The molecule has 0 atom stereocenters. The zero-order valence-electron chi connectivity index (χ0n) is 19.2. The lowest BCUT2D eigenvalue weighted by Gasteiger charge is -2.46. The van der Waals surface area contributed by atoms with Gasteiger partial charge < -0.3 is 17.8 Å². The molecular formula is C20H47NO3Si2. The molecule has 0 heterocycles. The van der Waals surface area contributed by atoms with Crippen LogP contribution in [0.1, 0.15) is 74.1 Å². The Hall–Kier alpha value is 0.274. The molecule has 6 heteroatoms. The second kappa shape index (κ2) is 12.7. The lowest BCUT2D eigenvalue weighted by molar-refractivity contribution is 0.0706. The van der Waals surface area contributed by atoms with Crippen LogP contribution < -0.4 is 0 Å². The molecule has 0 aliphatic heterocycles. The van der Waals surface area contributed by atoms with Crippen LogP contribution in [0, 0.1) is 0 Å². The van der Waals surface area contributed by atoms with Gasteiger partial charge in [0.05, 0.1) is 0 Å². The fraction of sp³-hybridized carbons (Fsp3) is 1.00. The Morgan fingerprint density at radius 3 is 1.58 bits per heavy atom. The van der Waals surface area contributed by atoms with E-state index in [1.165, 1.54) is 32.4 Å². The first kappa shape index (κ1) is 26.3. The fourth-order valence-electron chi connectivity index (χ4n) is 3.14. The van der Waals surface area contributed by atoms with Crippen molar-refractivity contribution in [2.45, 2.75) is 98.3 Å². The molecule has 0 amide bonds. The normalized spacial score (nSPS) is 13.6. The fourth-order valence-corrected chi connectivity index (χ4v) is 8.21. The van der Waals surface area contributed by atoms with Crippen molar-refractivity contribution in [1.29, 1.82) is 0 Å². The van der Waals surface area contributed by atoms with Crippen LogP contribution in [0.2, 0.25) is 24.2 Å². The Bertz CT molecular complexity index is 342. The van der Waals surface area contributed by atoms with Gasteiger partial charge in [-0.25, -0.2) is 0 Å². The monoisotopic (exact) mass is 405 g/mol. The van der Waals surface area contributed by atoms with Gasteiger partial charge in [0.25, 0.3) is 0 Å². The standard InChI is InChI=1S/C20H47NO3Si2/c1-10-14-17-21(25(8,9)20(5,6)7)18-15-16-19-26(22-11-2,23-12-3)24-13-4/h10-19H2,1-9H3. The van der Waals surface area contributed by atoms with Crippen LogP contribution in [0.15, 0.2) is 0 Å². The van der Waals surface area contributed by atoms with Gasteiger partial charge >= 0.3 is 8.80 Å². The topological polar surface area (TPSA) is 30.9 Å². The summed E-state index contributed by atoms with van der Waals surface area (Å²) in [6, 6.07) is 0.932. The number of hydrogen-bond acceptors (Lipinski definition) is 4. The van der Waals surface area contributed by atoms with E-state index in [1.54, 1.807) is 0 Å². The summed E-state index contributed by atoms with van der Waals surface area (Å²) in [5, 5.41) is 0.390.